The zero-order chi connectivity index (χ0) is 46.4. The fourth-order valence-corrected chi connectivity index (χ4v) is 8.74. The lowest BCUT2D eigenvalue weighted by atomic mass is 9.87. The van der Waals surface area contributed by atoms with Crippen LogP contribution in [0.25, 0.3) is 0 Å². The number of aliphatic hydroxyl groups excluding tert-OH is 3. The monoisotopic (exact) mass is 916 g/mol. The van der Waals surface area contributed by atoms with E-state index < -0.39 is 62.6 Å². The summed E-state index contributed by atoms with van der Waals surface area (Å²) >= 11 is 0. The molecule has 0 heterocycles. The van der Waals surface area contributed by atoms with Gasteiger partial charge in [-0.15, -0.1) is 0 Å². The van der Waals surface area contributed by atoms with E-state index in [1.807, 2.05) is 0 Å². The van der Waals surface area contributed by atoms with Crippen molar-refractivity contribution in [1.29, 1.82) is 0 Å². The fraction of sp³-hybridized carbons (Fsp3) is 0.857. The van der Waals surface area contributed by atoms with Crippen molar-refractivity contribution < 1.29 is 57.7 Å². The van der Waals surface area contributed by atoms with E-state index in [2.05, 4.69) is 26.0 Å². The smallest absolute Gasteiger partial charge is 0.462 e. The van der Waals surface area contributed by atoms with Crippen molar-refractivity contribution in [2.24, 2.45) is 17.6 Å². The summed E-state index contributed by atoms with van der Waals surface area (Å²) < 4.78 is 32.8. The number of esters is 2. The first-order valence-electron chi connectivity index (χ1n) is 25.0. The third-order valence-corrected chi connectivity index (χ3v) is 12.8. The molecule has 1 aliphatic rings. The van der Waals surface area contributed by atoms with E-state index in [-0.39, 0.29) is 57.6 Å². The average Bonchev–Trinajstić information content (AvgIpc) is 3.52. The van der Waals surface area contributed by atoms with Crippen LogP contribution in [0.4, 0.5) is 0 Å². The quantitative estimate of drug-likeness (QED) is 0.0167. The molecule has 14 heteroatoms. The number of aliphatic hydroxyl groups is 3. The van der Waals surface area contributed by atoms with E-state index in [0.29, 0.717) is 25.7 Å². The Morgan fingerprint density at radius 1 is 0.683 bits per heavy atom. The molecular formula is C49H90NO12P. The molecule has 0 aromatic heterocycles. The lowest BCUT2D eigenvalue weighted by Crippen LogP contribution is -2.29. The van der Waals surface area contributed by atoms with Crippen LogP contribution >= 0.6 is 7.82 Å². The van der Waals surface area contributed by atoms with Gasteiger partial charge in [0.2, 0.25) is 0 Å². The normalized spacial score (nSPS) is 19.7. The first kappa shape index (κ1) is 59.1. The average molecular weight is 916 g/mol. The number of rotatable bonds is 43. The minimum absolute atomic E-state index is 0.00551. The van der Waals surface area contributed by atoms with Crippen molar-refractivity contribution in [3.05, 3.63) is 24.3 Å². The summed E-state index contributed by atoms with van der Waals surface area (Å²) in [4.78, 5) is 48.1. The number of hydrogen-bond donors (Lipinski definition) is 5. The maximum atomic E-state index is 12.9. The van der Waals surface area contributed by atoms with Crippen LogP contribution in [0, 0.1) is 11.8 Å². The largest absolute Gasteiger partial charge is 0.472 e. The van der Waals surface area contributed by atoms with E-state index in [9.17, 15) is 39.2 Å². The minimum Gasteiger partial charge on any atom is -0.462 e. The molecule has 6 N–H and O–H groups in total. The molecule has 13 nitrogen and oxygen atoms in total. The van der Waals surface area contributed by atoms with E-state index in [0.717, 1.165) is 38.5 Å². The van der Waals surface area contributed by atoms with Gasteiger partial charge in [-0.1, -0.05) is 147 Å². The van der Waals surface area contributed by atoms with Crippen molar-refractivity contribution in [2.75, 3.05) is 26.4 Å². The Morgan fingerprint density at radius 3 is 1.81 bits per heavy atom. The number of carbonyl (C=O) groups is 3. The van der Waals surface area contributed by atoms with E-state index in [1.165, 1.54) is 96.3 Å². The third kappa shape index (κ3) is 33.2. The molecule has 0 spiro atoms. The summed E-state index contributed by atoms with van der Waals surface area (Å²) in [5.41, 5.74) is 5.35. The van der Waals surface area contributed by atoms with Gasteiger partial charge in [-0.3, -0.25) is 23.4 Å². The van der Waals surface area contributed by atoms with Gasteiger partial charge in [0, 0.05) is 50.5 Å². The molecule has 0 aromatic carbocycles. The number of unbranched alkanes of at least 4 members (excludes halogenated alkanes) is 20. The fourth-order valence-electron chi connectivity index (χ4n) is 7.98. The molecule has 0 radical (unpaired) electrons. The van der Waals surface area contributed by atoms with Crippen molar-refractivity contribution in [1.82, 2.24) is 0 Å². The van der Waals surface area contributed by atoms with Crippen molar-refractivity contribution in [3.8, 4) is 0 Å². The highest BCUT2D eigenvalue weighted by atomic mass is 31.2. The SMILES string of the molecule is CCCCCCCC/C=C\CCCCCCCCCCCCCC(=O)OC[C@H](COP(=O)(O)OCCN)OC(=O)CCCCC(=O)C[C@@H]1[C@@H](/C=C/[C@@H](O)CCCCC)[C@H](O)C[C@@H]1O. The maximum absolute atomic E-state index is 12.9. The van der Waals surface area contributed by atoms with Gasteiger partial charge in [0.1, 0.15) is 12.4 Å². The molecule has 63 heavy (non-hydrogen) atoms. The molecule has 0 amide bonds. The first-order chi connectivity index (χ1) is 30.4. The van der Waals surface area contributed by atoms with Crippen LogP contribution in [-0.4, -0.2) is 88.7 Å². The molecule has 0 saturated heterocycles. The summed E-state index contributed by atoms with van der Waals surface area (Å²) in [5.74, 6) is -2.12. The van der Waals surface area contributed by atoms with E-state index >= 15 is 0 Å². The molecule has 1 saturated carbocycles. The van der Waals surface area contributed by atoms with Crippen molar-refractivity contribution in [2.45, 2.75) is 231 Å². The number of carbonyl (C=O) groups excluding carboxylic acids is 3. The molecule has 1 aliphatic carbocycles. The van der Waals surface area contributed by atoms with Crippen LogP contribution in [0.1, 0.15) is 206 Å². The second-order valence-electron chi connectivity index (χ2n) is 17.6. The van der Waals surface area contributed by atoms with Crippen LogP contribution in [0.3, 0.4) is 0 Å². The van der Waals surface area contributed by atoms with Gasteiger partial charge in [0.05, 0.1) is 31.5 Å². The van der Waals surface area contributed by atoms with Gasteiger partial charge in [0.15, 0.2) is 6.10 Å². The summed E-state index contributed by atoms with van der Waals surface area (Å²) in [5, 5.41) is 31.3. The number of nitrogens with two attached hydrogens (primary N) is 1. The Balaban J connectivity index is 2.32. The number of hydrogen-bond acceptors (Lipinski definition) is 12. The van der Waals surface area contributed by atoms with Crippen molar-refractivity contribution >= 4 is 25.5 Å². The molecule has 1 unspecified atom stereocenters. The number of ketones is 1. The van der Waals surface area contributed by atoms with Gasteiger partial charge < -0.3 is 35.4 Å². The molecule has 1 fully saturated rings. The number of allylic oxidation sites excluding steroid dienone is 2. The topological polar surface area (TPSA) is 212 Å². The van der Waals surface area contributed by atoms with Crippen molar-refractivity contribution in [3.63, 3.8) is 0 Å². The second-order valence-corrected chi connectivity index (χ2v) is 19.1. The summed E-state index contributed by atoms with van der Waals surface area (Å²) in [6.07, 6.45) is 32.7. The third-order valence-electron chi connectivity index (χ3n) is 11.8. The Morgan fingerprint density at radius 2 is 1.21 bits per heavy atom. The molecule has 0 bridgehead atoms. The Hall–Kier alpha value is -1.96. The highest BCUT2D eigenvalue weighted by Crippen LogP contribution is 2.43. The van der Waals surface area contributed by atoms with Gasteiger partial charge in [-0.25, -0.2) is 4.57 Å². The van der Waals surface area contributed by atoms with Crippen LogP contribution in [-0.2, 0) is 37.5 Å². The van der Waals surface area contributed by atoms with E-state index in [4.69, 9.17) is 24.3 Å². The summed E-state index contributed by atoms with van der Waals surface area (Å²) in [7, 11) is -4.49. The highest BCUT2D eigenvalue weighted by Gasteiger charge is 2.41. The second kappa shape index (κ2) is 39.2. The summed E-state index contributed by atoms with van der Waals surface area (Å²) in [6, 6.07) is 0. The Bertz CT molecular complexity index is 1260. The Kier molecular flexibility index (Phi) is 36.8. The molecular weight excluding hydrogens is 826 g/mol. The molecule has 1 rings (SSSR count). The highest BCUT2D eigenvalue weighted by molar-refractivity contribution is 7.47. The predicted molar refractivity (Wildman–Crippen MR) is 250 cm³/mol. The number of phosphoric acid groups is 1. The first-order valence-corrected chi connectivity index (χ1v) is 26.5. The summed E-state index contributed by atoms with van der Waals surface area (Å²) in [6.45, 7) is 3.21. The van der Waals surface area contributed by atoms with Gasteiger partial charge in [-0.2, -0.15) is 0 Å². The molecule has 0 aromatic rings. The molecule has 7 atom stereocenters. The van der Waals surface area contributed by atoms with Crippen LogP contribution in [0.5, 0.6) is 0 Å². The number of Topliss-reactive ketones (excluding diaryl/α,β-unsaturated/α-hetero) is 1. The number of ether oxygens (including phenoxy) is 2. The number of phosphoric ester groups is 1. The van der Waals surface area contributed by atoms with Crippen LogP contribution in [0.15, 0.2) is 24.3 Å². The lowest BCUT2D eigenvalue weighted by molar-refractivity contribution is -0.161. The van der Waals surface area contributed by atoms with Gasteiger partial charge in [-0.05, 0) is 51.4 Å². The zero-order valence-electron chi connectivity index (χ0n) is 39.4. The maximum Gasteiger partial charge on any atom is 0.472 e. The standard InChI is InChI=1S/C49H90NO12P/c1-3-5-7-8-9-10-11-12-13-14-15-16-17-18-19-20-21-22-23-24-26-31-48(55)59-39-43(40-61-63(57,58)60-36-35-50)62-49(56)32-28-27-30-42(52)37-45-44(46(53)38-47(45)54)34-33-41(51)29-25-6-4-2/h12-13,33-34,41,43-47,51,53-54H,3-11,14-32,35-40,50H2,1-2H3,(H,57,58)/b13-12-,34-33+/t41-,43+,44+,45+,46+,47-/m0/s1. The predicted octanol–water partition coefficient (Wildman–Crippen LogP) is 10.3. The Labute approximate surface area is 381 Å². The van der Waals surface area contributed by atoms with Gasteiger partial charge in [0.25, 0.3) is 0 Å². The van der Waals surface area contributed by atoms with Crippen LogP contribution < -0.4 is 5.73 Å². The zero-order valence-corrected chi connectivity index (χ0v) is 40.3. The van der Waals surface area contributed by atoms with E-state index in [1.54, 1.807) is 12.2 Å². The molecule has 368 valence electrons. The van der Waals surface area contributed by atoms with Gasteiger partial charge >= 0.3 is 19.8 Å². The minimum atomic E-state index is -4.49. The van der Waals surface area contributed by atoms with Crippen LogP contribution in [0.2, 0.25) is 0 Å². The molecule has 0 aliphatic heterocycles. The lowest BCUT2D eigenvalue weighted by Gasteiger charge is -2.20.